The monoisotopic (exact) mass is 266 g/mol. The second kappa shape index (κ2) is 5.52. The van der Waals surface area contributed by atoms with Crippen molar-refractivity contribution in [2.24, 2.45) is 5.92 Å². The van der Waals surface area contributed by atoms with Crippen LogP contribution in [0.1, 0.15) is 28.1 Å². The first kappa shape index (κ1) is 13.1. The zero-order valence-corrected chi connectivity index (χ0v) is 11.5. The van der Waals surface area contributed by atoms with Crippen LogP contribution in [0.25, 0.3) is 0 Å². The van der Waals surface area contributed by atoms with Gasteiger partial charge >= 0.3 is 0 Å². The smallest absolute Gasteiger partial charge is 0.264 e. The van der Waals surface area contributed by atoms with Gasteiger partial charge in [0.2, 0.25) is 5.91 Å². The Kier molecular flexibility index (Phi) is 4.01. The minimum absolute atomic E-state index is 0.0374. The lowest BCUT2D eigenvalue weighted by Gasteiger charge is -2.31. The molecule has 1 fully saturated rings. The van der Waals surface area contributed by atoms with Gasteiger partial charge in [0.1, 0.15) is 0 Å². The molecule has 2 rings (SSSR count). The van der Waals surface area contributed by atoms with E-state index < -0.39 is 0 Å². The number of likely N-dealkylation sites (tertiary alicyclic amines) is 1. The van der Waals surface area contributed by atoms with Crippen LogP contribution in [0.4, 0.5) is 0 Å². The van der Waals surface area contributed by atoms with E-state index in [1.165, 1.54) is 11.3 Å². The molecule has 2 heterocycles. The van der Waals surface area contributed by atoms with Crippen molar-refractivity contribution >= 4 is 23.2 Å². The van der Waals surface area contributed by atoms with Gasteiger partial charge in [-0.3, -0.25) is 9.59 Å². The Morgan fingerprint density at radius 1 is 1.50 bits per heavy atom. The molecular formula is C13H18N2O2S. The summed E-state index contributed by atoms with van der Waals surface area (Å²) in [7, 11) is 1.65. The van der Waals surface area contributed by atoms with E-state index in [0.717, 1.165) is 29.8 Å². The lowest BCUT2D eigenvalue weighted by molar-refractivity contribution is -0.125. The number of carbonyl (C=O) groups excluding carboxylic acids is 2. The van der Waals surface area contributed by atoms with Gasteiger partial charge in [-0.15, -0.1) is 11.3 Å². The molecule has 5 heteroatoms. The predicted molar refractivity (Wildman–Crippen MR) is 71.8 cm³/mol. The summed E-state index contributed by atoms with van der Waals surface area (Å²) in [6.07, 6.45) is 1.77. The first-order valence-electron chi connectivity index (χ1n) is 6.18. The summed E-state index contributed by atoms with van der Waals surface area (Å²) in [5.74, 6) is 0.0412. The minimum atomic E-state index is -0.0621. The van der Waals surface area contributed by atoms with Gasteiger partial charge < -0.3 is 10.2 Å². The van der Waals surface area contributed by atoms with E-state index in [4.69, 9.17) is 0 Å². The maximum absolute atomic E-state index is 12.3. The Bertz CT molecular complexity index is 456. The van der Waals surface area contributed by atoms with Crippen molar-refractivity contribution in [3.8, 4) is 0 Å². The van der Waals surface area contributed by atoms with Crippen molar-refractivity contribution in [1.29, 1.82) is 0 Å². The van der Waals surface area contributed by atoms with Crippen LogP contribution in [0.15, 0.2) is 11.4 Å². The van der Waals surface area contributed by atoms with Gasteiger partial charge in [0.15, 0.2) is 0 Å². The van der Waals surface area contributed by atoms with Gasteiger partial charge in [-0.25, -0.2) is 0 Å². The number of piperidine rings is 1. The Balaban J connectivity index is 2.07. The number of nitrogens with zero attached hydrogens (tertiary/aromatic N) is 1. The van der Waals surface area contributed by atoms with Crippen LogP contribution < -0.4 is 5.32 Å². The van der Waals surface area contributed by atoms with Crippen molar-refractivity contribution in [2.75, 3.05) is 20.1 Å². The fourth-order valence-corrected chi connectivity index (χ4v) is 3.21. The highest BCUT2D eigenvalue weighted by molar-refractivity contribution is 7.12. The highest BCUT2D eigenvalue weighted by Crippen LogP contribution is 2.22. The second-order valence-electron chi connectivity index (χ2n) is 4.64. The second-order valence-corrected chi connectivity index (χ2v) is 5.55. The average molecular weight is 266 g/mol. The summed E-state index contributed by atoms with van der Waals surface area (Å²) in [5.41, 5.74) is 1.02. The van der Waals surface area contributed by atoms with Crippen LogP contribution in [0.5, 0.6) is 0 Å². The largest absolute Gasteiger partial charge is 0.359 e. The first-order valence-corrected chi connectivity index (χ1v) is 7.06. The van der Waals surface area contributed by atoms with E-state index in [2.05, 4.69) is 5.32 Å². The zero-order valence-electron chi connectivity index (χ0n) is 10.7. The fourth-order valence-electron chi connectivity index (χ4n) is 2.32. The molecule has 0 aliphatic carbocycles. The molecule has 0 radical (unpaired) electrons. The van der Waals surface area contributed by atoms with Crippen LogP contribution in [0, 0.1) is 12.8 Å². The standard InChI is InChI=1S/C13H18N2O2S/c1-9-5-7-18-11(9)13(17)15-6-3-4-10(8-15)12(16)14-2/h5,7,10H,3-4,6,8H2,1-2H3,(H,14,16). The number of hydrogen-bond acceptors (Lipinski definition) is 3. The van der Waals surface area contributed by atoms with Gasteiger partial charge in [-0.1, -0.05) is 0 Å². The molecule has 4 nitrogen and oxygen atoms in total. The molecule has 1 aliphatic heterocycles. The average Bonchev–Trinajstić information content (AvgIpc) is 2.83. The summed E-state index contributed by atoms with van der Waals surface area (Å²) in [4.78, 5) is 26.6. The number of carbonyl (C=O) groups is 2. The van der Waals surface area contributed by atoms with E-state index >= 15 is 0 Å². The third-order valence-corrected chi connectivity index (χ3v) is 4.39. The number of hydrogen-bond donors (Lipinski definition) is 1. The van der Waals surface area contributed by atoms with Crippen molar-refractivity contribution in [3.05, 3.63) is 21.9 Å². The molecule has 1 saturated heterocycles. The summed E-state index contributed by atoms with van der Waals surface area (Å²) in [5, 5.41) is 4.60. The number of aryl methyl sites for hydroxylation is 1. The summed E-state index contributed by atoms with van der Waals surface area (Å²) in [6.45, 7) is 3.24. The lowest BCUT2D eigenvalue weighted by atomic mass is 9.97. The molecule has 1 atom stereocenters. The Morgan fingerprint density at radius 2 is 2.28 bits per heavy atom. The summed E-state index contributed by atoms with van der Waals surface area (Å²) < 4.78 is 0. The van der Waals surface area contributed by atoms with E-state index in [1.54, 1.807) is 7.05 Å². The van der Waals surface area contributed by atoms with Crippen LogP contribution in [0.2, 0.25) is 0 Å². The predicted octanol–water partition coefficient (Wildman–Crippen LogP) is 1.65. The van der Waals surface area contributed by atoms with Crippen LogP contribution in [-0.4, -0.2) is 36.9 Å². The van der Waals surface area contributed by atoms with Gasteiger partial charge in [0.25, 0.3) is 5.91 Å². The van der Waals surface area contributed by atoms with Crippen LogP contribution in [0.3, 0.4) is 0 Å². The number of nitrogens with one attached hydrogen (secondary N) is 1. The molecule has 18 heavy (non-hydrogen) atoms. The lowest BCUT2D eigenvalue weighted by Crippen LogP contribution is -2.44. The van der Waals surface area contributed by atoms with Crippen molar-refractivity contribution in [1.82, 2.24) is 10.2 Å². The normalized spacial score (nSPS) is 19.7. The molecule has 0 aromatic carbocycles. The molecule has 2 amide bonds. The third kappa shape index (κ3) is 2.56. The molecule has 1 N–H and O–H groups in total. The van der Waals surface area contributed by atoms with Gasteiger partial charge in [-0.05, 0) is 36.8 Å². The SMILES string of the molecule is CNC(=O)C1CCCN(C(=O)c2sccc2C)C1. The first-order chi connectivity index (χ1) is 8.63. The van der Waals surface area contributed by atoms with Gasteiger partial charge in [-0.2, -0.15) is 0 Å². The van der Waals surface area contributed by atoms with Crippen molar-refractivity contribution in [3.63, 3.8) is 0 Å². The molecule has 1 aliphatic rings. The zero-order chi connectivity index (χ0) is 13.1. The highest BCUT2D eigenvalue weighted by Gasteiger charge is 2.29. The third-order valence-electron chi connectivity index (χ3n) is 3.38. The Labute approximate surface area is 111 Å². The summed E-state index contributed by atoms with van der Waals surface area (Å²) >= 11 is 1.47. The topological polar surface area (TPSA) is 49.4 Å². The maximum atomic E-state index is 12.3. The Hall–Kier alpha value is -1.36. The maximum Gasteiger partial charge on any atom is 0.264 e. The molecule has 98 valence electrons. The van der Waals surface area contributed by atoms with Crippen molar-refractivity contribution < 1.29 is 9.59 Å². The van der Waals surface area contributed by atoms with Crippen molar-refractivity contribution in [2.45, 2.75) is 19.8 Å². The summed E-state index contributed by atoms with van der Waals surface area (Å²) in [6, 6.07) is 1.96. The van der Waals surface area contributed by atoms with Crippen LogP contribution in [-0.2, 0) is 4.79 Å². The molecule has 0 spiro atoms. The molecule has 0 bridgehead atoms. The van der Waals surface area contributed by atoms with Gasteiger partial charge in [0.05, 0.1) is 10.8 Å². The van der Waals surface area contributed by atoms with E-state index in [0.29, 0.717) is 6.54 Å². The fraction of sp³-hybridized carbons (Fsp3) is 0.538. The Morgan fingerprint density at radius 3 is 2.89 bits per heavy atom. The van der Waals surface area contributed by atoms with Gasteiger partial charge in [0, 0.05) is 20.1 Å². The van der Waals surface area contributed by atoms with E-state index in [9.17, 15) is 9.59 Å². The molecule has 1 aromatic heterocycles. The molecule has 0 saturated carbocycles. The van der Waals surface area contributed by atoms with E-state index in [-0.39, 0.29) is 17.7 Å². The number of amides is 2. The number of thiophene rings is 1. The van der Waals surface area contributed by atoms with E-state index in [1.807, 2.05) is 23.3 Å². The molecule has 1 aromatic rings. The molecule has 1 unspecified atom stereocenters. The minimum Gasteiger partial charge on any atom is -0.359 e. The quantitative estimate of drug-likeness (QED) is 0.885. The van der Waals surface area contributed by atoms with Crippen LogP contribution >= 0.6 is 11.3 Å². The highest BCUT2D eigenvalue weighted by atomic mass is 32.1. The number of rotatable bonds is 2. The molecular weight excluding hydrogens is 248 g/mol.